The molecule has 0 aromatic heterocycles. The van der Waals surface area contributed by atoms with Gasteiger partial charge in [-0.15, -0.1) is 0 Å². The molecule has 0 bridgehead atoms. The third-order valence-electron chi connectivity index (χ3n) is 3.82. The van der Waals surface area contributed by atoms with E-state index in [4.69, 9.17) is 0 Å². The zero-order chi connectivity index (χ0) is 17.6. The molecule has 124 valence electrons. The van der Waals surface area contributed by atoms with E-state index in [-0.39, 0.29) is 5.56 Å². The van der Waals surface area contributed by atoms with E-state index in [0.717, 1.165) is 16.8 Å². The van der Waals surface area contributed by atoms with Gasteiger partial charge < -0.3 is 5.11 Å². The molecule has 0 radical (unpaired) electrons. The molecule has 3 aromatic carbocycles. The van der Waals surface area contributed by atoms with Crippen LogP contribution in [0, 0.1) is 6.92 Å². The number of nitrogens with zero attached hydrogens (tertiary/aromatic N) is 1. The first-order valence-electron chi connectivity index (χ1n) is 7.93. The zero-order valence-corrected chi connectivity index (χ0v) is 13.8. The molecule has 4 nitrogen and oxygen atoms in total. The van der Waals surface area contributed by atoms with E-state index in [2.05, 4.69) is 10.5 Å². The average Bonchev–Trinajstić information content (AvgIpc) is 2.64. The van der Waals surface area contributed by atoms with Gasteiger partial charge in [0, 0.05) is 11.1 Å². The molecule has 0 atom stereocenters. The lowest BCUT2D eigenvalue weighted by molar-refractivity contribution is 0.0698. The Bertz CT molecular complexity index is 901. The van der Waals surface area contributed by atoms with E-state index in [1.807, 2.05) is 61.5 Å². The molecule has 0 spiro atoms. The highest BCUT2D eigenvalue weighted by Gasteiger charge is 2.10. The number of carboxylic acids is 1. The molecule has 0 aliphatic heterocycles. The van der Waals surface area contributed by atoms with Crippen LogP contribution in [0.4, 0.5) is 5.69 Å². The van der Waals surface area contributed by atoms with Crippen molar-refractivity contribution in [2.45, 2.75) is 6.92 Å². The van der Waals surface area contributed by atoms with Gasteiger partial charge in [0.05, 0.1) is 17.0 Å². The molecule has 0 heterocycles. The quantitative estimate of drug-likeness (QED) is 0.532. The fraction of sp³-hybridized carbons (Fsp3) is 0.0476. The standard InChI is InChI=1S/C21H18N2O2/c1-15-11-13-17(14-12-15)20(16-7-3-2-4-8-16)23-22-19-10-6-5-9-18(19)21(24)25/h2-14,22H,1H3,(H,24,25). The number of para-hydroxylation sites is 1. The first-order chi connectivity index (χ1) is 12.1. The number of carboxylic acid groups (broad SMARTS) is 1. The molecule has 2 N–H and O–H groups in total. The van der Waals surface area contributed by atoms with Crippen molar-refractivity contribution < 1.29 is 9.90 Å². The minimum atomic E-state index is -0.991. The van der Waals surface area contributed by atoms with Gasteiger partial charge in [0.25, 0.3) is 0 Å². The molecular weight excluding hydrogens is 312 g/mol. The second-order valence-corrected chi connectivity index (χ2v) is 5.66. The van der Waals surface area contributed by atoms with Crippen LogP contribution in [0.15, 0.2) is 84.0 Å². The summed E-state index contributed by atoms with van der Waals surface area (Å²) >= 11 is 0. The molecule has 0 saturated carbocycles. The Morgan fingerprint density at radius 1 is 0.840 bits per heavy atom. The molecule has 0 aliphatic carbocycles. The van der Waals surface area contributed by atoms with Crippen LogP contribution in [-0.4, -0.2) is 16.8 Å². The highest BCUT2D eigenvalue weighted by atomic mass is 16.4. The van der Waals surface area contributed by atoms with E-state index < -0.39 is 5.97 Å². The van der Waals surface area contributed by atoms with Crippen LogP contribution in [0.1, 0.15) is 27.0 Å². The number of hydrogen-bond donors (Lipinski definition) is 2. The number of carbonyl (C=O) groups is 1. The zero-order valence-electron chi connectivity index (χ0n) is 13.8. The van der Waals surface area contributed by atoms with E-state index >= 15 is 0 Å². The number of aromatic carboxylic acids is 1. The van der Waals surface area contributed by atoms with Gasteiger partial charge in [-0.3, -0.25) is 5.43 Å². The van der Waals surface area contributed by atoms with Gasteiger partial charge in [0.2, 0.25) is 0 Å². The van der Waals surface area contributed by atoms with Crippen LogP contribution < -0.4 is 5.43 Å². The number of rotatable bonds is 5. The maximum absolute atomic E-state index is 11.4. The van der Waals surface area contributed by atoms with Gasteiger partial charge in [0.1, 0.15) is 0 Å². The van der Waals surface area contributed by atoms with Crippen molar-refractivity contribution in [2.75, 3.05) is 5.43 Å². The van der Waals surface area contributed by atoms with Crippen LogP contribution in [-0.2, 0) is 0 Å². The molecule has 0 saturated heterocycles. The first kappa shape index (κ1) is 16.5. The summed E-state index contributed by atoms with van der Waals surface area (Å²) in [5.41, 5.74) is 7.37. The maximum atomic E-state index is 11.4. The van der Waals surface area contributed by atoms with Gasteiger partial charge >= 0.3 is 5.97 Å². The number of anilines is 1. The van der Waals surface area contributed by atoms with E-state index in [9.17, 15) is 9.90 Å². The van der Waals surface area contributed by atoms with Crippen molar-refractivity contribution in [1.29, 1.82) is 0 Å². The van der Waals surface area contributed by atoms with Gasteiger partial charge in [-0.2, -0.15) is 5.10 Å². The van der Waals surface area contributed by atoms with Crippen LogP contribution in [0.2, 0.25) is 0 Å². The first-order valence-corrected chi connectivity index (χ1v) is 7.93. The van der Waals surface area contributed by atoms with E-state index in [1.165, 1.54) is 5.56 Å². The highest BCUT2D eigenvalue weighted by Crippen LogP contribution is 2.17. The highest BCUT2D eigenvalue weighted by molar-refractivity contribution is 6.13. The Balaban J connectivity index is 2.02. The summed E-state index contributed by atoms with van der Waals surface area (Å²) in [5.74, 6) is -0.991. The van der Waals surface area contributed by atoms with Gasteiger partial charge in [-0.25, -0.2) is 4.79 Å². The monoisotopic (exact) mass is 330 g/mol. The predicted octanol–water partition coefficient (Wildman–Crippen LogP) is 4.56. The van der Waals surface area contributed by atoms with Crippen LogP contribution in [0.3, 0.4) is 0 Å². The number of benzene rings is 3. The smallest absolute Gasteiger partial charge is 0.337 e. The number of hydrazone groups is 1. The summed E-state index contributed by atoms with van der Waals surface area (Å²) in [6, 6.07) is 24.6. The maximum Gasteiger partial charge on any atom is 0.337 e. The van der Waals surface area contributed by atoms with Gasteiger partial charge in [-0.1, -0.05) is 72.3 Å². The lowest BCUT2D eigenvalue weighted by atomic mass is 10.0. The summed E-state index contributed by atoms with van der Waals surface area (Å²) in [5, 5.41) is 13.8. The molecule has 0 unspecified atom stereocenters. The normalized spacial score (nSPS) is 11.2. The third-order valence-corrected chi connectivity index (χ3v) is 3.82. The minimum absolute atomic E-state index is 0.183. The molecule has 25 heavy (non-hydrogen) atoms. The molecule has 0 amide bonds. The molecule has 0 fully saturated rings. The Hall–Kier alpha value is -3.40. The van der Waals surface area contributed by atoms with Crippen molar-refractivity contribution in [1.82, 2.24) is 0 Å². The molecular formula is C21H18N2O2. The predicted molar refractivity (Wildman–Crippen MR) is 100 cm³/mol. The molecule has 3 aromatic rings. The van der Waals surface area contributed by atoms with Crippen LogP contribution in [0.5, 0.6) is 0 Å². The van der Waals surface area contributed by atoms with Crippen molar-refractivity contribution in [3.63, 3.8) is 0 Å². The fourth-order valence-corrected chi connectivity index (χ4v) is 2.49. The van der Waals surface area contributed by atoms with Crippen LogP contribution >= 0.6 is 0 Å². The number of aryl methyl sites for hydroxylation is 1. The SMILES string of the molecule is Cc1ccc(C(=NNc2ccccc2C(=O)O)c2ccccc2)cc1. The van der Waals surface area contributed by atoms with Crippen molar-refractivity contribution in [2.24, 2.45) is 5.10 Å². The Labute approximate surface area is 146 Å². The average molecular weight is 330 g/mol. The summed E-state index contributed by atoms with van der Waals surface area (Å²) in [6.07, 6.45) is 0. The van der Waals surface area contributed by atoms with Crippen molar-refractivity contribution in [3.8, 4) is 0 Å². The second kappa shape index (κ2) is 7.45. The summed E-state index contributed by atoms with van der Waals surface area (Å²) < 4.78 is 0. The molecule has 4 heteroatoms. The largest absolute Gasteiger partial charge is 0.478 e. The topological polar surface area (TPSA) is 61.7 Å². The third kappa shape index (κ3) is 3.93. The summed E-state index contributed by atoms with van der Waals surface area (Å²) in [7, 11) is 0. The number of nitrogens with one attached hydrogen (secondary N) is 1. The van der Waals surface area contributed by atoms with Crippen molar-refractivity contribution >= 4 is 17.4 Å². The number of hydrogen-bond acceptors (Lipinski definition) is 3. The van der Waals surface area contributed by atoms with Crippen LogP contribution in [0.25, 0.3) is 0 Å². The Kier molecular flexibility index (Phi) is 4.90. The second-order valence-electron chi connectivity index (χ2n) is 5.66. The van der Waals surface area contributed by atoms with E-state index in [0.29, 0.717) is 5.69 Å². The van der Waals surface area contributed by atoms with Crippen molar-refractivity contribution in [3.05, 3.63) is 101 Å². The lowest BCUT2D eigenvalue weighted by Crippen LogP contribution is -2.08. The summed E-state index contributed by atoms with van der Waals surface area (Å²) in [6.45, 7) is 2.03. The van der Waals surface area contributed by atoms with Gasteiger partial charge in [-0.05, 0) is 19.1 Å². The van der Waals surface area contributed by atoms with E-state index in [1.54, 1.807) is 24.3 Å². The molecule has 0 aliphatic rings. The lowest BCUT2D eigenvalue weighted by Gasteiger charge is -2.10. The minimum Gasteiger partial charge on any atom is -0.478 e. The Morgan fingerprint density at radius 2 is 1.44 bits per heavy atom. The Morgan fingerprint density at radius 3 is 2.12 bits per heavy atom. The molecule has 3 rings (SSSR count). The van der Waals surface area contributed by atoms with Gasteiger partial charge in [0.15, 0.2) is 0 Å². The fourth-order valence-electron chi connectivity index (χ4n) is 2.49. The summed E-state index contributed by atoms with van der Waals surface area (Å²) in [4.78, 5) is 11.4.